The van der Waals surface area contributed by atoms with Crippen LogP contribution in [0.1, 0.15) is 15.9 Å². The first-order valence-electron chi connectivity index (χ1n) is 9.76. The van der Waals surface area contributed by atoms with Gasteiger partial charge in [0.05, 0.1) is 12.6 Å². The number of aromatic nitrogens is 1. The van der Waals surface area contributed by atoms with E-state index in [1.807, 2.05) is 66.7 Å². The lowest BCUT2D eigenvalue weighted by Gasteiger charge is -2.11. The summed E-state index contributed by atoms with van der Waals surface area (Å²) in [5, 5.41) is 3.88. The fraction of sp³-hybridized carbons (Fsp3) is 0.120. The van der Waals surface area contributed by atoms with Crippen molar-refractivity contribution >= 4 is 16.8 Å². The van der Waals surface area contributed by atoms with Crippen molar-refractivity contribution in [1.82, 2.24) is 10.3 Å². The third-order valence-corrected chi connectivity index (χ3v) is 4.81. The average molecular weight is 398 g/mol. The van der Waals surface area contributed by atoms with Crippen LogP contribution >= 0.6 is 0 Å². The van der Waals surface area contributed by atoms with Gasteiger partial charge in [-0.25, -0.2) is 0 Å². The largest absolute Gasteiger partial charge is 0.496 e. The van der Waals surface area contributed by atoms with Crippen LogP contribution in [0.5, 0.6) is 17.2 Å². The summed E-state index contributed by atoms with van der Waals surface area (Å²) in [5.41, 5.74) is 2.47. The molecule has 1 N–H and O–H groups in total. The van der Waals surface area contributed by atoms with Gasteiger partial charge in [-0.3, -0.25) is 9.78 Å². The molecule has 0 atom stereocenters. The summed E-state index contributed by atoms with van der Waals surface area (Å²) in [6.07, 6.45) is 2.40. The number of amides is 1. The molecular weight excluding hydrogens is 376 g/mol. The lowest BCUT2D eigenvalue weighted by molar-refractivity contribution is 0.0953. The van der Waals surface area contributed by atoms with Crippen LogP contribution in [0.4, 0.5) is 0 Å². The first kappa shape index (κ1) is 19.5. The molecule has 0 unspecified atom stereocenters. The Kier molecular flexibility index (Phi) is 5.90. The SMILES string of the molecule is COc1ccccc1CCNC(=O)c1cccc(Oc2ccnc3ccccc23)c1. The van der Waals surface area contributed by atoms with Crippen molar-refractivity contribution in [2.45, 2.75) is 6.42 Å². The minimum absolute atomic E-state index is 0.144. The Hall–Kier alpha value is -3.86. The second-order valence-electron chi connectivity index (χ2n) is 6.77. The summed E-state index contributed by atoms with van der Waals surface area (Å²) >= 11 is 0. The second-order valence-corrected chi connectivity index (χ2v) is 6.77. The Labute approximate surface area is 175 Å². The average Bonchev–Trinajstić information content (AvgIpc) is 2.80. The zero-order valence-electron chi connectivity index (χ0n) is 16.7. The molecule has 0 aliphatic rings. The van der Waals surface area contributed by atoms with E-state index in [9.17, 15) is 4.79 Å². The van der Waals surface area contributed by atoms with Crippen LogP contribution in [0, 0.1) is 0 Å². The van der Waals surface area contributed by atoms with E-state index >= 15 is 0 Å². The third kappa shape index (κ3) is 4.41. The predicted octanol–water partition coefficient (Wildman–Crippen LogP) is 5.01. The van der Waals surface area contributed by atoms with Gasteiger partial charge in [0.15, 0.2) is 0 Å². The molecule has 0 saturated carbocycles. The van der Waals surface area contributed by atoms with Gasteiger partial charge in [-0.2, -0.15) is 0 Å². The molecule has 0 saturated heterocycles. The maximum Gasteiger partial charge on any atom is 0.251 e. The predicted molar refractivity (Wildman–Crippen MR) is 117 cm³/mol. The molecule has 0 bridgehead atoms. The van der Waals surface area contributed by atoms with E-state index in [2.05, 4.69) is 10.3 Å². The molecule has 0 spiro atoms. The van der Waals surface area contributed by atoms with Crippen molar-refractivity contribution in [3.05, 3.63) is 96.2 Å². The molecular formula is C25H22N2O3. The standard InChI is InChI=1S/C25H22N2O3/c1-29-23-12-5-2-7-18(23)13-15-27-25(28)19-8-6-9-20(17-19)30-24-14-16-26-22-11-4-3-10-21(22)24/h2-12,14,16-17H,13,15H2,1H3,(H,27,28). The molecule has 0 aliphatic heterocycles. The van der Waals surface area contributed by atoms with Gasteiger partial charge in [0.1, 0.15) is 17.2 Å². The minimum Gasteiger partial charge on any atom is -0.496 e. The van der Waals surface area contributed by atoms with Crippen LogP contribution in [-0.4, -0.2) is 24.5 Å². The Bertz CT molecular complexity index is 1170. The Morgan fingerprint density at radius 3 is 2.67 bits per heavy atom. The Morgan fingerprint density at radius 1 is 0.933 bits per heavy atom. The smallest absolute Gasteiger partial charge is 0.251 e. The number of methoxy groups -OCH3 is 1. The van der Waals surface area contributed by atoms with Crippen LogP contribution in [0.3, 0.4) is 0 Å². The van der Waals surface area contributed by atoms with E-state index in [4.69, 9.17) is 9.47 Å². The number of para-hydroxylation sites is 2. The molecule has 0 aliphatic carbocycles. The Morgan fingerprint density at radius 2 is 1.77 bits per heavy atom. The summed E-state index contributed by atoms with van der Waals surface area (Å²) in [7, 11) is 1.65. The van der Waals surface area contributed by atoms with Crippen molar-refractivity contribution in [3.63, 3.8) is 0 Å². The number of ether oxygens (including phenoxy) is 2. The van der Waals surface area contributed by atoms with Crippen molar-refractivity contribution in [2.75, 3.05) is 13.7 Å². The van der Waals surface area contributed by atoms with Gasteiger partial charge in [-0.05, 0) is 54.4 Å². The summed E-state index contributed by atoms with van der Waals surface area (Å²) in [5.74, 6) is 1.99. The van der Waals surface area contributed by atoms with Crippen molar-refractivity contribution in [3.8, 4) is 17.2 Å². The minimum atomic E-state index is -0.144. The number of hydrogen-bond donors (Lipinski definition) is 1. The number of carbonyl (C=O) groups excluding carboxylic acids is 1. The zero-order chi connectivity index (χ0) is 20.8. The number of nitrogens with one attached hydrogen (secondary N) is 1. The summed E-state index contributed by atoms with van der Waals surface area (Å²) < 4.78 is 11.4. The normalized spacial score (nSPS) is 10.6. The molecule has 0 radical (unpaired) electrons. The molecule has 1 amide bonds. The van der Waals surface area contributed by atoms with E-state index in [1.165, 1.54) is 0 Å². The van der Waals surface area contributed by atoms with Crippen LogP contribution < -0.4 is 14.8 Å². The highest BCUT2D eigenvalue weighted by atomic mass is 16.5. The van der Waals surface area contributed by atoms with Crippen molar-refractivity contribution in [2.24, 2.45) is 0 Å². The van der Waals surface area contributed by atoms with Crippen molar-refractivity contribution < 1.29 is 14.3 Å². The number of carbonyl (C=O) groups is 1. The molecule has 3 aromatic carbocycles. The highest BCUT2D eigenvalue weighted by Crippen LogP contribution is 2.29. The van der Waals surface area contributed by atoms with E-state index in [0.717, 1.165) is 22.2 Å². The molecule has 5 heteroatoms. The zero-order valence-corrected chi connectivity index (χ0v) is 16.7. The quantitative estimate of drug-likeness (QED) is 0.475. The number of fused-ring (bicyclic) bond motifs is 1. The maximum atomic E-state index is 12.6. The van der Waals surface area contributed by atoms with Crippen LogP contribution in [0.2, 0.25) is 0 Å². The molecule has 4 rings (SSSR count). The van der Waals surface area contributed by atoms with E-state index < -0.39 is 0 Å². The molecule has 1 heterocycles. The van der Waals surface area contributed by atoms with E-state index in [0.29, 0.717) is 30.0 Å². The highest BCUT2D eigenvalue weighted by Gasteiger charge is 2.09. The lowest BCUT2D eigenvalue weighted by Crippen LogP contribution is -2.25. The van der Waals surface area contributed by atoms with Crippen LogP contribution in [-0.2, 0) is 6.42 Å². The van der Waals surface area contributed by atoms with Gasteiger partial charge in [0.2, 0.25) is 0 Å². The van der Waals surface area contributed by atoms with Gasteiger partial charge in [-0.1, -0.05) is 36.4 Å². The molecule has 0 fully saturated rings. The molecule has 1 aromatic heterocycles. The fourth-order valence-corrected chi connectivity index (χ4v) is 3.31. The summed E-state index contributed by atoms with van der Waals surface area (Å²) in [4.78, 5) is 16.9. The van der Waals surface area contributed by atoms with E-state index in [1.54, 1.807) is 25.4 Å². The number of hydrogen-bond acceptors (Lipinski definition) is 4. The third-order valence-electron chi connectivity index (χ3n) is 4.81. The molecule has 150 valence electrons. The summed E-state index contributed by atoms with van der Waals surface area (Å²) in [6.45, 7) is 0.513. The number of nitrogens with zero attached hydrogens (tertiary/aromatic N) is 1. The van der Waals surface area contributed by atoms with Gasteiger partial charge in [0, 0.05) is 23.7 Å². The van der Waals surface area contributed by atoms with E-state index in [-0.39, 0.29) is 5.91 Å². The number of benzene rings is 3. The second kappa shape index (κ2) is 9.09. The molecule has 5 nitrogen and oxygen atoms in total. The number of rotatable bonds is 7. The summed E-state index contributed by atoms with van der Waals surface area (Å²) in [6, 6.07) is 24.6. The lowest BCUT2D eigenvalue weighted by atomic mass is 10.1. The van der Waals surface area contributed by atoms with Gasteiger partial charge < -0.3 is 14.8 Å². The fourth-order valence-electron chi connectivity index (χ4n) is 3.31. The number of pyridine rings is 1. The first-order valence-corrected chi connectivity index (χ1v) is 9.76. The van der Waals surface area contributed by atoms with Gasteiger partial charge in [-0.15, -0.1) is 0 Å². The van der Waals surface area contributed by atoms with Crippen LogP contribution in [0.15, 0.2) is 85.1 Å². The van der Waals surface area contributed by atoms with Gasteiger partial charge >= 0.3 is 0 Å². The monoisotopic (exact) mass is 398 g/mol. The Balaban J connectivity index is 1.43. The van der Waals surface area contributed by atoms with Crippen molar-refractivity contribution in [1.29, 1.82) is 0 Å². The topological polar surface area (TPSA) is 60.5 Å². The highest BCUT2D eigenvalue weighted by molar-refractivity contribution is 5.94. The maximum absolute atomic E-state index is 12.6. The molecule has 4 aromatic rings. The molecule has 30 heavy (non-hydrogen) atoms. The first-order chi connectivity index (χ1) is 14.7. The van der Waals surface area contributed by atoms with Gasteiger partial charge in [0.25, 0.3) is 5.91 Å². The van der Waals surface area contributed by atoms with Crippen LogP contribution in [0.25, 0.3) is 10.9 Å².